The zero-order valence-electron chi connectivity index (χ0n) is 16.1. The van der Waals surface area contributed by atoms with Crippen LogP contribution in [0.15, 0.2) is 42.5 Å². The number of ether oxygens (including phenoxy) is 2. The molecule has 1 saturated heterocycles. The molecule has 4 nitrogen and oxygen atoms in total. The van der Waals surface area contributed by atoms with Crippen molar-refractivity contribution in [1.29, 1.82) is 0 Å². The van der Waals surface area contributed by atoms with Crippen LogP contribution in [0.2, 0.25) is 0 Å². The minimum absolute atomic E-state index is 0.266. The smallest absolute Gasteiger partial charge is 0.397 e. The quantitative estimate of drug-likeness (QED) is 0.743. The number of carbonyl (C=O) groups is 1. The number of carbonyl (C=O) groups excluding carboxylic acids is 1. The minimum Gasteiger partial charge on any atom is -0.497 e. The maximum absolute atomic E-state index is 12.8. The van der Waals surface area contributed by atoms with E-state index in [-0.39, 0.29) is 12.0 Å². The zero-order chi connectivity index (χ0) is 20.6. The molecule has 7 heteroatoms. The summed E-state index contributed by atoms with van der Waals surface area (Å²) in [6.45, 7) is 1.33. The Morgan fingerprint density at radius 2 is 1.86 bits per heavy atom. The van der Waals surface area contributed by atoms with Gasteiger partial charge in [-0.3, -0.25) is 4.79 Å². The summed E-state index contributed by atoms with van der Waals surface area (Å²) in [4.78, 5) is 13.8. The summed E-state index contributed by atoms with van der Waals surface area (Å²) in [5.74, 6) is -0.179. The highest BCUT2D eigenvalue weighted by atomic mass is 19.4. The van der Waals surface area contributed by atoms with Crippen LogP contribution in [0.25, 0.3) is 11.1 Å². The van der Waals surface area contributed by atoms with Gasteiger partial charge in [0.05, 0.1) is 7.11 Å². The number of hydrogen-bond acceptors (Lipinski definition) is 3. The van der Waals surface area contributed by atoms with Crippen LogP contribution >= 0.6 is 0 Å². The fourth-order valence-electron chi connectivity index (χ4n) is 4.33. The Kier molecular flexibility index (Phi) is 5.02. The Balaban J connectivity index is 1.76. The van der Waals surface area contributed by atoms with E-state index in [2.05, 4.69) is 0 Å². The van der Waals surface area contributed by atoms with Gasteiger partial charge in [0.15, 0.2) is 0 Å². The lowest BCUT2D eigenvalue weighted by Crippen LogP contribution is -2.41. The van der Waals surface area contributed by atoms with Gasteiger partial charge in [-0.1, -0.05) is 18.2 Å². The molecule has 2 aromatic carbocycles. The van der Waals surface area contributed by atoms with Crippen molar-refractivity contribution < 1.29 is 27.4 Å². The zero-order valence-corrected chi connectivity index (χ0v) is 16.1. The first-order chi connectivity index (χ1) is 13.8. The molecule has 1 amide bonds. The number of rotatable bonds is 3. The molecule has 154 valence electrons. The second-order valence-corrected chi connectivity index (χ2v) is 7.63. The topological polar surface area (TPSA) is 38.8 Å². The summed E-state index contributed by atoms with van der Waals surface area (Å²) in [5, 5.41) is 0. The van der Waals surface area contributed by atoms with Gasteiger partial charge < -0.3 is 14.4 Å². The van der Waals surface area contributed by atoms with Crippen LogP contribution in [0.5, 0.6) is 5.75 Å². The van der Waals surface area contributed by atoms with Gasteiger partial charge in [0.2, 0.25) is 5.91 Å². The molecule has 4 rings (SSSR count). The van der Waals surface area contributed by atoms with Crippen molar-refractivity contribution in [1.82, 2.24) is 0 Å². The van der Waals surface area contributed by atoms with Crippen LogP contribution in [0.3, 0.4) is 0 Å². The molecule has 2 heterocycles. The van der Waals surface area contributed by atoms with Gasteiger partial charge in [0, 0.05) is 30.9 Å². The molecule has 0 bridgehead atoms. The van der Waals surface area contributed by atoms with Crippen molar-refractivity contribution in [3.05, 3.63) is 48.0 Å². The van der Waals surface area contributed by atoms with E-state index in [9.17, 15) is 18.0 Å². The van der Waals surface area contributed by atoms with Gasteiger partial charge in [-0.25, -0.2) is 0 Å². The maximum Gasteiger partial charge on any atom is 0.397 e. The number of benzene rings is 2. The lowest BCUT2D eigenvalue weighted by Gasteiger charge is -2.34. The lowest BCUT2D eigenvalue weighted by atomic mass is 9.75. The molecule has 1 spiro atoms. The van der Waals surface area contributed by atoms with E-state index in [4.69, 9.17) is 9.47 Å². The van der Waals surface area contributed by atoms with E-state index >= 15 is 0 Å². The van der Waals surface area contributed by atoms with Crippen LogP contribution in [-0.2, 0) is 14.9 Å². The normalized spacial score (nSPS) is 18.0. The maximum atomic E-state index is 12.8. The van der Waals surface area contributed by atoms with Crippen molar-refractivity contribution >= 4 is 11.6 Å². The SMILES string of the molecule is COc1cccc(-c2ccc3c(c2)C2(CCOCC2)CN3C(=O)CC(F)(F)F)c1. The highest BCUT2D eigenvalue weighted by Gasteiger charge is 2.47. The first kappa shape index (κ1) is 19.8. The molecule has 2 aliphatic rings. The van der Waals surface area contributed by atoms with E-state index in [1.807, 2.05) is 36.4 Å². The monoisotopic (exact) mass is 405 g/mol. The molecule has 0 atom stereocenters. The van der Waals surface area contributed by atoms with Crippen LogP contribution in [0.1, 0.15) is 24.8 Å². The van der Waals surface area contributed by atoms with Crippen molar-refractivity contribution in [3.8, 4) is 16.9 Å². The van der Waals surface area contributed by atoms with Crippen molar-refractivity contribution in [2.75, 3.05) is 31.8 Å². The molecule has 0 aromatic heterocycles. The predicted octanol–water partition coefficient (Wildman–Crippen LogP) is 4.71. The second kappa shape index (κ2) is 7.37. The van der Waals surface area contributed by atoms with Crippen LogP contribution in [0.4, 0.5) is 18.9 Å². The van der Waals surface area contributed by atoms with Gasteiger partial charge >= 0.3 is 6.18 Å². The van der Waals surface area contributed by atoms with Crippen molar-refractivity contribution in [3.63, 3.8) is 0 Å². The van der Waals surface area contributed by atoms with Crippen molar-refractivity contribution in [2.45, 2.75) is 30.9 Å². The van der Waals surface area contributed by atoms with Crippen LogP contribution in [-0.4, -0.2) is 39.0 Å². The minimum atomic E-state index is -4.52. The van der Waals surface area contributed by atoms with Gasteiger partial charge in [-0.05, 0) is 53.8 Å². The molecule has 2 aromatic rings. The molecule has 0 radical (unpaired) electrons. The molecule has 0 N–H and O–H groups in total. The van der Waals surface area contributed by atoms with Crippen molar-refractivity contribution in [2.24, 2.45) is 0 Å². The average Bonchev–Trinajstić information content (AvgIpc) is 3.01. The number of methoxy groups -OCH3 is 1. The predicted molar refractivity (Wildman–Crippen MR) is 103 cm³/mol. The van der Waals surface area contributed by atoms with Crippen LogP contribution < -0.4 is 9.64 Å². The first-order valence-electron chi connectivity index (χ1n) is 9.55. The number of hydrogen-bond donors (Lipinski definition) is 0. The summed E-state index contributed by atoms with van der Waals surface area (Å²) < 4.78 is 49.3. The molecule has 1 fully saturated rings. The molecule has 0 unspecified atom stereocenters. The Hall–Kier alpha value is -2.54. The number of amides is 1. The van der Waals surface area contributed by atoms with Gasteiger partial charge in [-0.15, -0.1) is 0 Å². The van der Waals surface area contributed by atoms with Gasteiger partial charge in [0.25, 0.3) is 0 Å². The van der Waals surface area contributed by atoms with Gasteiger partial charge in [-0.2, -0.15) is 13.2 Å². The Bertz CT molecular complexity index is 920. The van der Waals surface area contributed by atoms with E-state index in [1.54, 1.807) is 13.2 Å². The van der Waals surface area contributed by atoms with E-state index in [0.29, 0.717) is 31.7 Å². The summed E-state index contributed by atoms with van der Waals surface area (Å²) in [7, 11) is 1.60. The van der Waals surface area contributed by atoms with Crippen LogP contribution in [0, 0.1) is 0 Å². The Morgan fingerprint density at radius 3 is 2.55 bits per heavy atom. The standard InChI is InChI=1S/C22H22F3NO3/c1-28-17-4-2-3-15(11-17)16-5-6-19-18(12-16)21(7-9-29-10-8-21)14-26(19)20(27)13-22(23,24)25/h2-6,11-12H,7-10,13-14H2,1H3. The summed E-state index contributed by atoms with van der Waals surface area (Å²) in [5.41, 5.74) is 3.03. The van der Waals surface area contributed by atoms with Gasteiger partial charge in [0.1, 0.15) is 12.2 Å². The first-order valence-corrected chi connectivity index (χ1v) is 9.55. The number of halogens is 3. The summed E-state index contributed by atoms with van der Waals surface area (Å²) in [6.07, 6.45) is -4.62. The van der Waals surface area contributed by atoms with E-state index in [1.165, 1.54) is 4.90 Å². The molecular weight excluding hydrogens is 383 g/mol. The highest BCUT2D eigenvalue weighted by Crippen LogP contribution is 2.48. The molecular formula is C22H22F3NO3. The Labute approximate surface area is 167 Å². The fraction of sp³-hybridized carbons (Fsp3) is 0.409. The summed E-state index contributed by atoms with van der Waals surface area (Å²) >= 11 is 0. The third kappa shape index (κ3) is 3.83. The largest absolute Gasteiger partial charge is 0.497 e. The molecule has 29 heavy (non-hydrogen) atoms. The molecule has 2 aliphatic heterocycles. The number of alkyl halides is 3. The number of anilines is 1. The fourth-order valence-corrected chi connectivity index (χ4v) is 4.33. The summed E-state index contributed by atoms with van der Waals surface area (Å²) in [6, 6.07) is 13.3. The Morgan fingerprint density at radius 1 is 1.14 bits per heavy atom. The third-order valence-electron chi connectivity index (χ3n) is 5.83. The lowest BCUT2D eigenvalue weighted by molar-refractivity contribution is -0.152. The average molecular weight is 405 g/mol. The van der Waals surface area contributed by atoms with E-state index < -0.39 is 18.5 Å². The second-order valence-electron chi connectivity index (χ2n) is 7.63. The molecule has 0 saturated carbocycles. The highest BCUT2D eigenvalue weighted by molar-refractivity contribution is 5.97. The third-order valence-corrected chi connectivity index (χ3v) is 5.83. The molecule has 0 aliphatic carbocycles. The number of nitrogens with zero attached hydrogens (tertiary/aromatic N) is 1. The number of fused-ring (bicyclic) bond motifs is 2. The van der Waals surface area contributed by atoms with E-state index in [0.717, 1.165) is 22.4 Å².